The predicted octanol–water partition coefficient (Wildman–Crippen LogP) is 4.80. The van der Waals surface area contributed by atoms with E-state index in [2.05, 4.69) is 72.3 Å². The molecule has 0 radical (unpaired) electrons. The van der Waals surface area contributed by atoms with Crippen LogP contribution in [0.5, 0.6) is 0 Å². The first-order valence-corrected chi connectivity index (χ1v) is 7.18. The molecule has 1 heterocycles. The maximum Gasteiger partial charge on any atom is 0.0492 e. The van der Waals surface area contributed by atoms with Crippen LogP contribution in [0.25, 0.3) is 28.1 Å². The second-order valence-electron chi connectivity index (χ2n) is 5.46. The zero-order valence-corrected chi connectivity index (χ0v) is 11.6. The number of fused-ring (bicyclic) bond motifs is 3. The Morgan fingerprint density at radius 1 is 0.950 bits per heavy atom. The molecule has 0 bridgehead atoms. The predicted molar refractivity (Wildman–Crippen MR) is 85.7 cm³/mol. The third-order valence-electron chi connectivity index (χ3n) is 4.30. The molecular weight excluding hydrogens is 242 g/mol. The van der Waals surface area contributed by atoms with Crippen molar-refractivity contribution in [3.8, 4) is 11.1 Å². The van der Waals surface area contributed by atoms with Crippen molar-refractivity contribution >= 4 is 17.0 Å². The molecule has 2 aromatic carbocycles. The van der Waals surface area contributed by atoms with Gasteiger partial charge in [-0.05, 0) is 30.0 Å². The van der Waals surface area contributed by atoms with E-state index >= 15 is 0 Å². The van der Waals surface area contributed by atoms with E-state index in [4.69, 9.17) is 0 Å². The zero-order valence-electron chi connectivity index (χ0n) is 11.6. The zero-order chi connectivity index (χ0) is 13.5. The Labute approximate surface area is 119 Å². The van der Waals surface area contributed by atoms with Crippen molar-refractivity contribution in [3.05, 3.63) is 65.9 Å². The maximum absolute atomic E-state index is 2.36. The maximum atomic E-state index is 2.36. The van der Waals surface area contributed by atoms with Gasteiger partial charge < -0.3 is 4.57 Å². The van der Waals surface area contributed by atoms with E-state index in [1.807, 2.05) is 0 Å². The lowest BCUT2D eigenvalue weighted by molar-refractivity contribution is 0.824. The summed E-state index contributed by atoms with van der Waals surface area (Å²) in [5, 5.41) is 1.37. The van der Waals surface area contributed by atoms with Crippen LogP contribution in [0.4, 0.5) is 0 Å². The van der Waals surface area contributed by atoms with Crippen LogP contribution < -0.4 is 0 Å². The van der Waals surface area contributed by atoms with Crippen LogP contribution in [0.15, 0.2) is 54.6 Å². The number of nitrogens with zero attached hydrogens (tertiary/aromatic N) is 1. The molecule has 1 heteroatoms. The monoisotopic (exact) mass is 259 g/mol. The molecule has 20 heavy (non-hydrogen) atoms. The van der Waals surface area contributed by atoms with Gasteiger partial charge in [-0.3, -0.25) is 0 Å². The number of hydrogen-bond acceptors (Lipinski definition) is 0. The van der Waals surface area contributed by atoms with Crippen molar-refractivity contribution in [3.63, 3.8) is 0 Å². The highest BCUT2D eigenvalue weighted by Gasteiger charge is 2.15. The minimum Gasteiger partial charge on any atom is -0.347 e. The van der Waals surface area contributed by atoms with Gasteiger partial charge in [0, 0.05) is 29.2 Å². The lowest BCUT2D eigenvalue weighted by atomic mass is 10.00. The van der Waals surface area contributed by atoms with Crippen molar-refractivity contribution in [1.82, 2.24) is 4.57 Å². The quantitative estimate of drug-likeness (QED) is 0.591. The molecule has 0 amide bonds. The molecule has 1 nitrogen and oxygen atoms in total. The fraction of sp³-hybridized carbons (Fsp3) is 0.158. The summed E-state index contributed by atoms with van der Waals surface area (Å²) in [4.78, 5) is 0. The fourth-order valence-electron chi connectivity index (χ4n) is 3.24. The Bertz CT molecular complexity index is 807. The van der Waals surface area contributed by atoms with Crippen molar-refractivity contribution in [2.45, 2.75) is 12.8 Å². The van der Waals surface area contributed by atoms with Gasteiger partial charge in [0.1, 0.15) is 0 Å². The minimum absolute atomic E-state index is 1.15. The topological polar surface area (TPSA) is 4.93 Å². The number of allylic oxidation sites excluding steroid dienone is 1. The van der Waals surface area contributed by atoms with Crippen molar-refractivity contribution in [1.29, 1.82) is 0 Å². The van der Waals surface area contributed by atoms with Gasteiger partial charge in [-0.2, -0.15) is 0 Å². The average molecular weight is 259 g/mol. The molecule has 3 aromatic rings. The van der Waals surface area contributed by atoms with Crippen LogP contribution in [0.2, 0.25) is 0 Å². The Hall–Kier alpha value is -2.28. The lowest BCUT2D eigenvalue weighted by Gasteiger charge is -2.07. The summed E-state index contributed by atoms with van der Waals surface area (Å²) in [6.45, 7) is 0. The number of aromatic nitrogens is 1. The van der Waals surface area contributed by atoms with E-state index in [0.29, 0.717) is 0 Å². The van der Waals surface area contributed by atoms with E-state index in [1.165, 1.54) is 33.3 Å². The second-order valence-corrected chi connectivity index (χ2v) is 5.46. The fourth-order valence-corrected chi connectivity index (χ4v) is 3.24. The van der Waals surface area contributed by atoms with Crippen molar-refractivity contribution in [2.24, 2.45) is 7.05 Å². The largest absolute Gasteiger partial charge is 0.347 e. The van der Waals surface area contributed by atoms with Crippen LogP contribution in [-0.2, 0) is 13.5 Å². The number of hydrogen-bond donors (Lipinski definition) is 0. The first-order valence-electron chi connectivity index (χ1n) is 7.18. The second kappa shape index (κ2) is 4.38. The van der Waals surface area contributed by atoms with Gasteiger partial charge in [-0.25, -0.2) is 0 Å². The molecule has 1 aliphatic carbocycles. The van der Waals surface area contributed by atoms with E-state index in [-0.39, 0.29) is 0 Å². The smallest absolute Gasteiger partial charge is 0.0492 e. The van der Waals surface area contributed by atoms with Gasteiger partial charge in [-0.15, -0.1) is 0 Å². The summed E-state index contributed by atoms with van der Waals surface area (Å²) >= 11 is 0. The Morgan fingerprint density at radius 3 is 2.65 bits per heavy atom. The van der Waals surface area contributed by atoms with Gasteiger partial charge >= 0.3 is 0 Å². The highest BCUT2D eigenvalue weighted by atomic mass is 14.9. The third kappa shape index (κ3) is 1.63. The highest BCUT2D eigenvalue weighted by Crippen LogP contribution is 2.33. The van der Waals surface area contributed by atoms with Crippen molar-refractivity contribution < 1.29 is 0 Å². The molecular formula is C19H17N. The molecule has 0 spiro atoms. The molecule has 4 rings (SSSR count). The van der Waals surface area contributed by atoms with Gasteiger partial charge in [0.25, 0.3) is 0 Å². The lowest BCUT2D eigenvalue weighted by Crippen LogP contribution is -1.99. The highest BCUT2D eigenvalue weighted by molar-refractivity contribution is 5.94. The molecule has 1 aliphatic rings. The van der Waals surface area contributed by atoms with Gasteiger partial charge in [0.15, 0.2) is 0 Å². The summed E-state index contributed by atoms with van der Waals surface area (Å²) in [6.07, 6.45) is 6.87. The molecule has 0 atom stereocenters. The van der Waals surface area contributed by atoms with E-state index in [0.717, 1.165) is 12.8 Å². The standard InChI is InChI=1S/C19H17N/c1-20-18-10-6-5-9-16(18)17-12-11-15(13-19(17)20)14-7-3-2-4-8-14/h2-5,7-9,11-13H,6,10H2,1H3. The van der Waals surface area contributed by atoms with Gasteiger partial charge in [0.2, 0.25) is 0 Å². The Balaban J connectivity index is 1.97. The van der Waals surface area contributed by atoms with E-state index in [1.54, 1.807) is 0 Å². The minimum atomic E-state index is 1.15. The van der Waals surface area contributed by atoms with Crippen LogP contribution in [0, 0.1) is 0 Å². The molecule has 0 saturated heterocycles. The number of aryl methyl sites for hydroxylation is 1. The summed E-state index contributed by atoms with van der Waals surface area (Å²) < 4.78 is 2.36. The average Bonchev–Trinajstić information content (AvgIpc) is 2.81. The summed E-state index contributed by atoms with van der Waals surface area (Å²) in [5.41, 5.74) is 6.79. The third-order valence-corrected chi connectivity index (χ3v) is 4.30. The van der Waals surface area contributed by atoms with Crippen LogP contribution in [0.3, 0.4) is 0 Å². The molecule has 0 unspecified atom stereocenters. The van der Waals surface area contributed by atoms with Crippen LogP contribution in [-0.4, -0.2) is 4.57 Å². The SMILES string of the molecule is Cn1c2c(c3ccc(-c4ccccc4)cc31)C=CCC2. The summed E-state index contributed by atoms with van der Waals surface area (Å²) in [6, 6.07) is 17.4. The number of rotatable bonds is 1. The summed E-state index contributed by atoms with van der Waals surface area (Å²) in [7, 11) is 2.19. The summed E-state index contributed by atoms with van der Waals surface area (Å²) in [5.74, 6) is 0. The first kappa shape index (κ1) is 11.5. The van der Waals surface area contributed by atoms with Crippen LogP contribution >= 0.6 is 0 Å². The van der Waals surface area contributed by atoms with E-state index in [9.17, 15) is 0 Å². The number of benzene rings is 2. The first-order chi connectivity index (χ1) is 9.84. The normalized spacial score (nSPS) is 13.7. The molecule has 0 saturated carbocycles. The van der Waals surface area contributed by atoms with E-state index < -0.39 is 0 Å². The Morgan fingerprint density at radius 2 is 1.80 bits per heavy atom. The van der Waals surface area contributed by atoms with Gasteiger partial charge in [0.05, 0.1) is 0 Å². The molecule has 0 aliphatic heterocycles. The van der Waals surface area contributed by atoms with Gasteiger partial charge in [-0.1, -0.05) is 54.6 Å². The van der Waals surface area contributed by atoms with Crippen LogP contribution in [0.1, 0.15) is 17.7 Å². The molecule has 98 valence electrons. The molecule has 0 fully saturated rings. The molecule has 1 aromatic heterocycles. The molecule has 0 N–H and O–H groups in total. The van der Waals surface area contributed by atoms with Crippen molar-refractivity contribution in [2.75, 3.05) is 0 Å². The Kier molecular flexibility index (Phi) is 2.53.